The van der Waals surface area contributed by atoms with E-state index in [1.807, 2.05) is 0 Å². The zero-order valence-corrected chi connectivity index (χ0v) is 11.9. The SMILES string of the molecule is O=C(CN1CCCC1C(=O)O)Nc1ccc2c(c1)OC(F)(F)O2. The molecule has 1 fully saturated rings. The van der Waals surface area contributed by atoms with Gasteiger partial charge in [-0.15, -0.1) is 8.78 Å². The van der Waals surface area contributed by atoms with Crippen LogP contribution in [0.4, 0.5) is 14.5 Å². The van der Waals surface area contributed by atoms with Gasteiger partial charge in [-0.2, -0.15) is 0 Å². The van der Waals surface area contributed by atoms with E-state index in [1.54, 1.807) is 4.90 Å². The number of carboxylic acids is 1. The summed E-state index contributed by atoms with van der Waals surface area (Å²) in [7, 11) is 0. The number of ether oxygens (including phenoxy) is 2. The van der Waals surface area contributed by atoms with Crippen LogP contribution in [-0.4, -0.2) is 47.3 Å². The third-order valence-corrected chi connectivity index (χ3v) is 3.68. The van der Waals surface area contributed by atoms with Gasteiger partial charge in [0.25, 0.3) is 0 Å². The third-order valence-electron chi connectivity index (χ3n) is 3.68. The highest BCUT2D eigenvalue weighted by Crippen LogP contribution is 2.42. The van der Waals surface area contributed by atoms with Crippen LogP contribution in [0.5, 0.6) is 11.5 Å². The van der Waals surface area contributed by atoms with Gasteiger partial charge in [-0.1, -0.05) is 0 Å². The van der Waals surface area contributed by atoms with E-state index in [2.05, 4.69) is 14.8 Å². The van der Waals surface area contributed by atoms with Gasteiger partial charge in [0.1, 0.15) is 6.04 Å². The molecule has 1 saturated heterocycles. The number of halogens is 2. The van der Waals surface area contributed by atoms with Crippen molar-refractivity contribution < 1.29 is 33.0 Å². The van der Waals surface area contributed by atoms with Crippen LogP contribution < -0.4 is 14.8 Å². The van der Waals surface area contributed by atoms with Gasteiger partial charge >= 0.3 is 12.3 Å². The van der Waals surface area contributed by atoms with Crippen molar-refractivity contribution in [3.05, 3.63) is 18.2 Å². The lowest BCUT2D eigenvalue weighted by molar-refractivity contribution is -0.286. The third kappa shape index (κ3) is 3.34. The van der Waals surface area contributed by atoms with Gasteiger partial charge in [0.05, 0.1) is 6.54 Å². The van der Waals surface area contributed by atoms with Crippen LogP contribution in [-0.2, 0) is 9.59 Å². The molecule has 0 aromatic heterocycles. The van der Waals surface area contributed by atoms with E-state index in [9.17, 15) is 18.4 Å². The topological polar surface area (TPSA) is 88.1 Å². The molecule has 9 heteroatoms. The fourth-order valence-corrected chi connectivity index (χ4v) is 2.71. The number of benzene rings is 1. The Morgan fingerprint density at radius 1 is 1.35 bits per heavy atom. The number of amides is 1. The van der Waals surface area contributed by atoms with Crippen LogP contribution in [0.25, 0.3) is 0 Å². The second-order valence-electron chi connectivity index (χ2n) is 5.34. The summed E-state index contributed by atoms with van der Waals surface area (Å²) in [5, 5.41) is 11.6. The van der Waals surface area contributed by atoms with Crippen LogP contribution in [0.2, 0.25) is 0 Å². The summed E-state index contributed by atoms with van der Waals surface area (Å²) in [5.74, 6) is -1.67. The summed E-state index contributed by atoms with van der Waals surface area (Å²) >= 11 is 0. The van der Waals surface area contributed by atoms with Gasteiger partial charge < -0.3 is 19.9 Å². The van der Waals surface area contributed by atoms with E-state index in [1.165, 1.54) is 18.2 Å². The number of carboxylic acid groups (broad SMARTS) is 1. The first-order valence-electron chi connectivity index (χ1n) is 7.01. The highest BCUT2D eigenvalue weighted by atomic mass is 19.3. The minimum absolute atomic E-state index is 0.0818. The molecule has 0 radical (unpaired) electrons. The minimum atomic E-state index is -3.71. The molecule has 1 amide bonds. The van der Waals surface area contributed by atoms with Crippen molar-refractivity contribution in [3.8, 4) is 11.5 Å². The number of aliphatic carboxylic acids is 1. The fourth-order valence-electron chi connectivity index (χ4n) is 2.71. The van der Waals surface area contributed by atoms with Crippen molar-refractivity contribution in [1.82, 2.24) is 4.90 Å². The number of hydrogen-bond acceptors (Lipinski definition) is 5. The lowest BCUT2D eigenvalue weighted by Gasteiger charge is -2.20. The number of carbonyl (C=O) groups excluding carboxylic acids is 1. The maximum atomic E-state index is 12.9. The molecule has 0 saturated carbocycles. The standard InChI is InChI=1S/C14H14F2N2O5/c15-14(16)22-10-4-3-8(6-11(10)23-14)17-12(19)7-18-5-1-2-9(18)13(20)21/h3-4,6,9H,1-2,5,7H2,(H,17,19)(H,20,21). The number of hydrogen-bond donors (Lipinski definition) is 2. The molecule has 1 aromatic rings. The minimum Gasteiger partial charge on any atom is -0.480 e. The Labute approximate surface area is 129 Å². The van der Waals surface area contributed by atoms with Crippen molar-refractivity contribution in [1.29, 1.82) is 0 Å². The normalized spacial score (nSPS) is 22.1. The quantitative estimate of drug-likeness (QED) is 0.871. The van der Waals surface area contributed by atoms with Crippen LogP contribution in [0.3, 0.4) is 0 Å². The molecule has 0 aliphatic carbocycles. The van der Waals surface area contributed by atoms with E-state index in [0.717, 1.165) is 0 Å². The lowest BCUT2D eigenvalue weighted by Crippen LogP contribution is -2.40. The zero-order valence-electron chi connectivity index (χ0n) is 11.9. The Morgan fingerprint density at radius 3 is 2.83 bits per heavy atom. The zero-order chi connectivity index (χ0) is 16.6. The number of likely N-dealkylation sites (tertiary alicyclic amines) is 1. The van der Waals surface area contributed by atoms with Gasteiger partial charge in [0.2, 0.25) is 5.91 Å². The fraction of sp³-hybridized carbons (Fsp3) is 0.429. The van der Waals surface area contributed by atoms with Crippen molar-refractivity contribution >= 4 is 17.6 Å². The highest BCUT2D eigenvalue weighted by Gasteiger charge is 2.43. The predicted molar refractivity (Wildman–Crippen MR) is 73.5 cm³/mol. The van der Waals surface area contributed by atoms with Crippen molar-refractivity contribution in [2.24, 2.45) is 0 Å². The summed E-state index contributed by atoms with van der Waals surface area (Å²) in [5.41, 5.74) is 0.265. The molecule has 0 spiro atoms. The number of fused-ring (bicyclic) bond motifs is 1. The van der Waals surface area contributed by atoms with Crippen molar-refractivity contribution in [2.75, 3.05) is 18.4 Å². The van der Waals surface area contributed by atoms with Gasteiger partial charge in [0, 0.05) is 11.8 Å². The Bertz CT molecular complexity index is 652. The maximum Gasteiger partial charge on any atom is 0.586 e. The predicted octanol–water partition coefficient (Wildman–Crippen LogP) is 1.50. The Balaban J connectivity index is 1.62. The summed E-state index contributed by atoms with van der Waals surface area (Å²) in [6.45, 7) is 0.444. The van der Waals surface area contributed by atoms with Gasteiger partial charge in [-0.05, 0) is 31.5 Å². The van der Waals surface area contributed by atoms with E-state index < -0.39 is 24.2 Å². The number of nitrogens with one attached hydrogen (secondary N) is 1. The molecule has 7 nitrogen and oxygen atoms in total. The number of rotatable bonds is 4. The largest absolute Gasteiger partial charge is 0.586 e. The molecular formula is C14H14F2N2O5. The molecule has 2 aliphatic rings. The van der Waals surface area contributed by atoms with Gasteiger partial charge in [0.15, 0.2) is 11.5 Å². The van der Waals surface area contributed by atoms with Crippen molar-refractivity contribution in [2.45, 2.75) is 25.2 Å². The van der Waals surface area contributed by atoms with E-state index >= 15 is 0 Å². The van der Waals surface area contributed by atoms with Crippen LogP contribution in [0.1, 0.15) is 12.8 Å². The number of nitrogens with zero attached hydrogens (tertiary/aromatic N) is 1. The maximum absolute atomic E-state index is 12.9. The first-order chi connectivity index (χ1) is 10.8. The molecule has 2 N–H and O–H groups in total. The number of carbonyl (C=O) groups is 2. The summed E-state index contributed by atoms with van der Waals surface area (Å²) < 4.78 is 34.4. The van der Waals surface area contributed by atoms with Crippen LogP contribution in [0, 0.1) is 0 Å². The van der Waals surface area contributed by atoms with Crippen LogP contribution >= 0.6 is 0 Å². The molecule has 2 heterocycles. The molecule has 1 unspecified atom stereocenters. The first kappa shape index (κ1) is 15.5. The average molecular weight is 328 g/mol. The second-order valence-corrected chi connectivity index (χ2v) is 5.34. The summed E-state index contributed by atoms with van der Waals surface area (Å²) in [4.78, 5) is 24.6. The van der Waals surface area contributed by atoms with E-state index in [-0.39, 0.29) is 23.7 Å². The van der Waals surface area contributed by atoms with E-state index in [0.29, 0.717) is 19.4 Å². The number of anilines is 1. The van der Waals surface area contributed by atoms with E-state index in [4.69, 9.17) is 5.11 Å². The molecule has 23 heavy (non-hydrogen) atoms. The van der Waals surface area contributed by atoms with Gasteiger partial charge in [-0.3, -0.25) is 14.5 Å². The summed E-state index contributed by atoms with van der Waals surface area (Å²) in [6.07, 6.45) is -2.50. The second kappa shape index (κ2) is 5.65. The molecular weight excluding hydrogens is 314 g/mol. The van der Waals surface area contributed by atoms with Gasteiger partial charge in [-0.25, -0.2) is 0 Å². The summed E-state index contributed by atoms with van der Waals surface area (Å²) in [6, 6.07) is 3.23. The highest BCUT2D eigenvalue weighted by molar-refractivity contribution is 5.93. The molecule has 1 aromatic carbocycles. The Kier molecular flexibility index (Phi) is 3.80. The first-order valence-corrected chi connectivity index (χ1v) is 7.01. The molecule has 0 bridgehead atoms. The van der Waals surface area contributed by atoms with Crippen molar-refractivity contribution in [3.63, 3.8) is 0 Å². The lowest BCUT2D eigenvalue weighted by atomic mass is 10.2. The molecule has 1 atom stereocenters. The molecule has 124 valence electrons. The average Bonchev–Trinajstić information content (AvgIpc) is 3.00. The number of alkyl halides is 2. The molecule has 3 rings (SSSR count). The molecule has 2 aliphatic heterocycles. The Hall–Kier alpha value is -2.42. The van der Waals surface area contributed by atoms with Crippen LogP contribution in [0.15, 0.2) is 18.2 Å². The smallest absolute Gasteiger partial charge is 0.480 e. The monoisotopic (exact) mass is 328 g/mol. The Morgan fingerprint density at radius 2 is 2.09 bits per heavy atom.